The van der Waals surface area contributed by atoms with E-state index in [4.69, 9.17) is 9.47 Å². The van der Waals surface area contributed by atoms with Crippen LogP contribution in [-0.4, -0.2) is 37.0 Å². The van der Waals surface area contributed by atoms with Gasteiger partial charge in [-0.3, -0.25) is 0 Å². The van der Waals surface area contributed by atoms with E-state index in [2.05, 4.69) is 46.9 Å². The van der Waals surface area contributed by atoms with Crippen LogP contribution in [0.1, 0.15) is 60.8 Å². The Morgan fingerprint density at radius 2 is 1.89 bits per heavy atom. The molecule has 1 N–H and O–H groups in total. The van der Waals surface area contributed by atoms with Gasteiger partial charge in [0.15, 0.2) is 0 Å². The minimum atomic E-state index is -0.0490. The van der Waals surface area contributed by atoms with Crippen LogP contribution in [0.4, 0.5) is 0 Å². The summed E-state index contributed by atoms with van der Waals surface area (Å²) < 4.78 is 11.6. The molecule has 3 heteroatoms. The Labute approximate surface area is 119 Å². The highest BCUT2D eigenvalue weighted by atomic mass is 16.5. The zero-order chi connectivity index (χ0) is 14.7. The van der Waals surface area contributed by atoms with Gasteiger partial charge in [-0.05, 0) is 60.4 Å². The summed E-state index contributed by atoms with van der Waals surface area (Å²) >= 11 is 0. The van der Waals surface area contributed by atoms with Crippen molar-refractivity contribution in [2.75, 3.05) is 13.7 Å². The van der Waals surface area contributed by atoms with E-state index in [0.717, 1.165) is 25.8 Å². The zero-order valence-electron chi connectivity index (χ0n) is 13.9. The second-order valence-electron chi connectivity index (χ2n) is 7.06. The van der Waals surface area contributed by atoms with Gasteiger partial charge < -0.3 is 14.8 Å². The average Bonchev–Trinajstić information content (AvgIpc) is 2.52. The van der Waals surface area contributed by atoms with Gasteiger partial charge in [0.25, 0.3) is 0 Å². The van der Waals surface area contributed by atoms with Gasteiger partial charge in [0, 0.05) is 19.1 Å². The molecule has 0 aliphatic carbocycles. The van der Waals surface area contributed by atoms with Gasteiger partial charge in [-0.15, -0.1) is 0 Å². The summed E-state index contributed by atoms with van der Waals surface area (Å²) in [5.74, 6) is 0.562. The molecule has 0 spiro atoms. The average molecular weight is 271 g/mol. The standard InChI is InChI=1S/C16H33NO2/c1-8-17-14(10-9-12(2)18-7)13-11-15(3,4)19-16(13,5)6/h12-14,17H,8-11H2,1-7H3. The van der Waals surface area contributed by atoms with E-state index < -0.39 is 0 Å². The highest BCUT2D eigenvalue weighted by Gasteiger charge is 2.48. The monoisotopic (exact) mass is 271 g/mol. The van der Waals surface area contributed by atoms with E-state index in [0.29, 0.717) is 18.1 Å². The SMILES string of the molecule is CCNC(CCC(C)OC)C1CC(C)(C)OC1(C)C. The number of hydrogen-bond donors (Lipinski definition) is 1. The lowest BCUT2D eigenvalue weighted by atomic mass is 9.79. The first kappa shape index (κ1) is 16.9. The lowest BCUT2D eigenvalue weighted by molar-refractivity contribution is -0.0781. The minimum Gasteiger partial charge on any atom is -0.382 e. The van der Waals surface area contributed by atoms with Gasteiger partial charge in [-0.1, -0.05) is 6.92 Å². The molecule has 1 aliphatic heterocycles. The first-order chi connectivity index (χ1) is 8.72. The van der Waals surface area contributed by atoms with Crippen molar-refractivity contribution in [1.82, 2.24) is 5.32 Å². The van der Waals surface area contributed by atoms with Crippen LogP contribution in [-0.2, 0) is 9.47 Å². The third kappa shape index (κ3) is 4.73. The molecule has 1 fully saturated rings. The Hall–Kier alpha value is -0.120. The predicted octanol–water partition coefficient (Wildman–Crippen LogP) is 3.37. The van der Waals surface area contributed by atoms with Crippen molar-refractivity contribution in [2.45, 2.75) is 84.2 Å². The van der Waals surface area contributed by atoms with Crippen molar-refractivity contribution in [3.05, 3.63) is 0 Å². The fourth-order valence-electron chi connectivity index (χ4n) is 3.47. The highest BCUT2D eigenvalue weighted by Crippen LogP contribution is 2.44. The molecule has 3 nitrogen and oxygen atoms in total. The first-order valence-electron chi connectivity index (χ1n) is 7.68. The van der Waals surface area contributed by atoms with Gasteiger partial charge in [0.05, 0.1) is 17.3 Å². The van der Waals surface area contributed by atoms with Crippen molar-refractivity contribution in [1.29, 1.82) is 0 Å². The molecule has 0 aromatic carbocycles. The zero-order valence-corrected chi connectivity index (χ0v) is 13.9. The van der Waals surface area contributed by atoms with Gasteiger partial charge in [0.2, 0.25) is 0 Å². The van der Waals surface area contributed by atoms with E-state index in [-0.39, 0.29) is 11.2 Å². The lowest BCUT2D eigenvalue weighted by Crippen LogP contribution is -2.44. The van der Waals surface area contributed by atoms with Crippen LogP contribution in [0.5, 0.6) is 0 Å². The number of methoxy groups -OCH3 is 1. The summed E-state index contributed by atoms with van der Waals surface area (Å²) in [7, 11) is 1.79. The van der Waals surface area contributed by atoms with Crippen LogP contribution < -0.4 is 5.32 Å². The first-order valence-corrected chi connectivity index (χ1v) is 7.68. The molecule has 0 aromatic heterocycles. The summed E-state index contributed by atoms with van der Waals surface area (Å²) in [6.07, 6.45) is 3.70. The molecule has 1 heterocycles. The highest BCUT2D eigenvalue weighted by molar-refractivity contribution is 4.99. The summed E-state index contributed by atoms with van der Waals surface area (Å²) in [5.41, 5.74) is -0.0542. The minimum absolute atomic E-state index is 0.00525. The Morgan fingerprint density at radius 3 is 2.32 bits per heavy atom. The number of ether oxygens (including phenoxy) is 2. The van der Waals surface area contributed by atoms with Crippen LogP contribution in [0.3, 0.4) is 0 Å². The molecule has 0 bridgehead atoms. The van der Waals surface area contributed by atoms with E-state index in [9.17, 15) is 0 Å². The quantitative estimate of drug-likeness (QED) is 0.770. The Balaban J connectivity index is 2.70. The molecule has 3 atom stereocenters. The van der Waals surface area contributed by atoms with Gasteiger partial charge in [0.1, 0.15) is 0 Å². The molecule has 1 saturated heterocycles. The van der Waals surface area contributed by atoms with Gasteiger partial charge in [-0.25, -0.2) is 0 Å². The van der Waals surface area contributed by atoms with Crippen LogP contribution in [0.25, 0.3) is 0 Å². The van der Waals surface area contributed by atoms with E-state index in [1.165, 1.54) is 0 Å². The van der Waals surface area contributed by atoms with E-state index in [1.807, 2.05) is 0 Å². The van der Waals surface area contributed by atoms with Crippen LogP contribution in [0.15, 0.2) is 0 Å². The second-order valence-corrected chi connectivity index (χ2v) is 7.06. The van der Waals surface area contributed by atoms with Crippen LogP contribution in [0.2, 0.25) is 0 Å². The molecule has 0 amide bonds. The topological polar surface area (TPSA) is 30.5 Å². The molecule has 114 valence electrons. The molecule has 3 unspecified atom stereocenters. The third-order valence-corrected chi connectivity index (χ3v) is 4.38. The van der Waals surface area contributed by atoms with E-state index in [1.54, 1.807) is 7.11 Å². The smallest absolute Gasteiger partial charge is 0.0677 e. The maximum atomic E-state index is 6.24. The molecular weight excluding hydrogens is 238 g/mol. The Kier molecular flexibility index (Phi) is 5.84. The summed E-state index contributed by atoms with van der Waals surface area (Å²) in [4.78, 5) is 0. The van der Waals surface area contributed by atoms with Crippen molar-refractivity contribution in [3.8, 4) is 0 Å². The van der Waals surface area contributed by atoms with Crippen LogP contribution >= 0.6 is 0 Å². The number of rotatable bonds is 7. The summed E-state index contributed by atoms with van der Waals surface area (Å²) in [6, 6.07) is 0.513. The number of hydrogen-bond acceptors (Lipinski definition) is 3. The van der Waals surface area contributed by atoms with Crippen molar-refractivity contribution >= 4 is 0 Å². The van der Waals surface area contributed by atoms with Crippen molar-refractivity contribution in [2.24, 2.45) is 5.92 Å². The predicted molar refractivity (Wildman–Crippen MR) is 80.5 cm³/mol. The summed E-state index contributed by atoms with van der Waals surface area (Å²) in [6.45, 7) is 14.2. The molecule has 0 radical (unpaired) electrons. The molecule has 0 aromatic rings. The van der Waals surface area contributed by atoms with Crippen molar-refractivity contribution < 1.29 is 9.47 Å². The fourth-order valence-corrected chi connectivity index (χ4v) is 3.47. The van der Waals surface area contributed by atoms with Crippen molar-refractivity contribution in [3.63, 3.8) is 0 Å². The maximum absolute atomic E-state index is 6.24. The fraction of sp³-hybridized carbons (Fsp3) is 1.00. The normalized spacial score (nSPS) is 28.3. The largest absolute Gasteiger partial charge is 0.382 e. The third-order valence-electron chi connectivity index (χ3n) is 4.38. The molecular formula is C16H33NO2. The molecule has 0 saturated carbocycles. The van der Waals surface area contributed by atoms with E-state index >= 15 is 0 Å². The summed E-state index contributed by atoms with van der Waals surface area (Å²) in [5, 5.41) is 3.66. The molecule has 1 aliphatic rings. The second kappa shape index (κ2) is 6.55. The molecule has 19 heavy (non-hydrogen) atoms. The van der Waals surface area contributed by atoms with Gasteiger partial charge in [-0.2, -0.15) is 0 Å². The van der Waals surface area contributed by atoms with Gasteiger partial charge >= 0.3 is 0 Å². The maximum Gasteiger partial charge on any atom is 0.0677 e. The molecule has 1 rings (SSSR count). The lowest BCUT2D eigenvalue weighted by Gasteiger charge is -2.34. The van der Waals surface area contributed by atoms with Crippen LogP contribution in [0, 0.1) is 5.92 Å². The Morgan fingerprint density at radius 1 is 1.26 bits per heavy atom. The number of nitrogens with one attached hydrogen (secondary N) is 1. The Bertz CT molecular complexity index is 276.